The highest BCUT2D eigenvalue weighted by molar-refractivity contribution is 5.75. The van der Waals surface area contributed by atoms with E-state index >= 15 is 0 Å². The number of H-pyrrole nitrogens is 1. The topological polar surface area (TPSA) is 61.2 Å². The van der Waals surface area contributed by atoms with Crippen LogP contribution in [0.25, 0.3) is 16.7 Å². The number of rotatable bonds is 10. The van der Waals surface area contributed by atoms with Crippen LogP contribution in [0.5, 0.6) is 0 Å². The summed E-state index contributed by atoms with van der Waals surface area (Å²) in [5, 5.41) is 3.67. The summed E-state index contributed by atoms with van der Waals surface area (Å²) in [6.07, 6.45) is 10.8. The zero-order valence-electron chi connectivity index (χ0n) is 25.6. The molecule has 3 aromatic carbocycles. The van der Waals surface area contributed by atoms with Gasteiger partial charge in [-0.05, 0) is 85.4 Å². The number of benzene rings is 3. The fourth-order valence-electron chi connectivity index (χ4n) is 6.72. The van der Waals surface area contributed by atoms with Gasteiger partial charge in [0.1, 0.15) is 5.82 Å². The number of dihydropyridines is 1. The Hall–Kier alpha value is -4.52. The number of hydrogen-bond acceptors (Lipinski definition) is 4. The highest BCUT2D eigenvalue weighted by Crippen LogP contribution is 2.29. The highest BCUT2D eigenvalue weighted by Gasteiger charge is 2.27. The minimum absolute atomic E-state index is 0.306. The summed E-state index contributed by atoms with van der Waals surface area (Å²) in [6, 6.07) is 30.9. The van der Waals surface area contributed by atoms with Gasteiger partial charge in [-0.25, -0.2) is 4.98 Å². The maximum atomic E-state index is 4.91. The minimum Gasteiger partial charge on any atom is -0.341 e. The van der Waals surface area contributed by atoms with Crippen molar-refractivity contribution < 1.29 is 0 Å². The number of nitrogens with zero attached hydrogens (tertiary/aromatic N) is 4. The molecule has 0 saturated heterocycles. The van der Waals surface area contributed by atoms with Crippen molar-refractivity contribution >= 4 is 17.2 Å². The maximum Gasteiger partial charge on any atom is 0.121 e. The number of aryl methyl sites for hydroxylation is 1. The summed E-state index contributed by atoms with van der Waals surface area (Å²) in [4.78, 5) is 15.7. The van der Waals surface area contributed by atoms with E-state index in [1.54, 1.807) is 0 Å². The van der Waals surface area contributed by atoms with E-state index in [1.807, 2.05) is 12.3 Å². The maximum absolute atomic E-state index is 4.91. The smallest absolute Gasteiger partial charge is 0.121 e. The predicted octanol–water partition coefficient (Wildman–Crippen LogP) is 7.36. The molecule has 6 nitrogen and oxygen atoms in total. The van der Waals surface area contributed by atoms with Gasteiger partial charge in [-0.3, -0.25) is 9.89 Å². The lowest BCUT2D eigenvalue weighted by Gasteiger charge is -2.34. The number of fused-ring (bicyclic) bond motifs is 2. The number of para-hydroxylation sites is 3. The lowest BCUT2D eigenvalue weighted by atomic mass is 9.89. The van der Waals surface area contributed by atoms with Gasteiger partial charge in [0.15, 0.2) is 0 Å². The Morgan fingerprint density at radius 3 is 2.52 bits per heavy atom. The lowest BCUT2D eigenvalue weighted by molar-refractivity contribution is 0.188. The molecule has 2 aliphatic rings. The second kappa shape index (κ2) is 12.6. The van der Waals surface area contributed by atoms with Gasteiger partial charge in [-0.2, -0.15) is 0 Å². The van der Waals surface area contributed by atoms with Crippen LogP contribution in [0.4, 0.5) is 0 Å². The Bertz CT molecular complexity index is 1790. The van der Waals surface area contributed by atoms with E-state index < -0.39 is 0 Å². The van der Waals surface area contributed by atoms with Gasteiger partial charge in [0.05, 0.1) is 23.6 Å². The van der Waals surface area contributed by atoms with Crippen molar-refractivity contribution in [3.63, 3.8) is 0 Å². The van der Waals surface area contributed by atoms with Crippen molar-refractivity contribution in [1.82, 2.24) is 24.8 Å². The third-order valence-corrected chi connectivity index (χ3v) is 9.01. The number of hydrogen-bond donors (Lipinski definition) is 2. The van der Waals surface area contributed by atoms with Crippen LogP contribution < -0.4 is 5.32 Å². The van der Waals surface area contributed by atoms with Crippen molar-refractivity contribution in [2.45, 2.75) is 65.0 Å². The molecule has 5 aromatic rings. The summed E-state index contributed by atoms with van der Waals surface area (Å²) in [6.45, 7) is 7.70. The van der Waals surface area contributed by atoms with Crippen LogP contribution in [0, 0.1) is 13.8 Å². The van der Waals surface area contributed by atoms with Crippen LogP contribution in [-0.2, 0) is 26.2 Å². The summed E-state index contributed by atoms with van der Waals surface area (Å²) in [5.41, 5.74) is 11.2. The van der Waals surface area contributed by atoms with Crippen LogP contribution in [0.2, 0.25) is 0 Å². The SMILES string of the molecule is Cc1cc(CNCc2ccc(CN(Cc3nc4ccccc4[nH]3)C3C=C4C=CC=NC4CC3)cc2)c(C)n1-c1ccccc1. The third-order valence-electron chi connectivity index (χ3n) is 9.01. The third kappa shape index (κ3) is 6.09. The molecule has 2 atom stereocenters. The van der Waals surface area contributed by atoms with Gasteiger partial charge in [0, 0.05) is 49.0 Å². The number of nitrogens with one attached hydrogen (secondary N) is 2. The van der Waals surface area contributed by atoms with Gasteiger partial charge in [-0.15, -0.1) is 0 Å². The molecule has 1 aliphatic heterocycles. The van der Waals surface area contributed by atoms with Crippen molar-refractivity contribution in [3.8, 4) is 5.69 Å². The van der Waals surface area contributed by atoms with Gasteiger partial charge in [0.25, 0.3) is 0 Å². The van der Waals surface area contributed by atoms with Crippen molar-refractivity contribution in [3.05, 3.63) is 143 Å². The first kappa shape index (κ1) is 28.3. The van der Waals surface area contributed by atoms with E-state index in [2.05, 4.69) is 131 Å². The zero-order valence-corrected chi connectivity index (χ0v) is 25.6. The minimum atomic E-state index is 0.306. The largest absolute Gasteiger partial charge is 0.341 e. The number of allylic oxidation sites excluding steroid dienone is 1. The van der Waals surface area contributed by atoms with E-state index in [0.717, 1.165) is 55.9 Å². The fraction of sp³-hybridized carbons (Fsp3) is 0.263. The van der Waals surface area contributed by atoms with E-state index in [0.29, 0.717) is 12.1 Å². The van der Waals surface area contributed by atoms with E-state index in [-0.39, 0.29) is 0 Å². The van der Waals surface area contributed by atoms with Crippen molar-refractivity contribution in [1.29, 1.82) is 0 Å². The molecule has 6 heteroatoms. The molecule has 0 saturated carbocycles. The number of aromatic nitrogens is 3. The molecule has 0 bridgehead atoms. The van der Waals surface area contributed by atoms with Gasteiger partial charge >= 0.3 is 0 Å². The quantitative estimate of drug-likeness (QED) is 0.181. The molecule has 0 fully saturated rings. The van der Waals surface area contributed by atoms with Crippen molar-refractivity contribution in [2.24, 2.45) is 4.99 Å². The van der Waals surface area contributed by atoms with E-state index in [9.17, 15) is 0 Å². The lowest BCUT2D eigenvalue weighted by Crippen LogP contribution is -2.37. The van der Waals surface area contributed by atoms with Crippen LogP contribution in [0.3, 0.4) is 0 Å². The molecule has 3 heterocycles. The first-order valence-electron chi connectivity index (χ1n) is 15.7. The number of aromatic amines is 1. The molecular formula is C38H40N6. The summed E-state index contributed by atoms with van der Waals surface area (Å²) in [7, 11) is 0. The number of aliphatic imine (C=N–C) groups is 1. The Morgan fingerprint density at radius 1 is 0.886 bits per heavy atom. The van der Waals surface area contributed by atoms with Crippen molar-refractivity contribution in [2.75, 3.05) is 0 Å². The van der Waals surface area contributed by atoms with Gasteiger partial charge in [0.2, 0.25) is 0 Å². The Kier molecular flexibility index (Phi) is 8.10. The molecule has 44 heavy (non-hydrogen) atoms. The predicted molar refractivity (Wildman–Crippen MR) is 180 cm³/mol. The van der Waals surface area contributed by atoms with Gasteiger partial charge < -0.3 is 14.9 Å². The second-order valence-corrected chi connectivity index (χ2v) is 12.1. The molecule has 2 aromatic heterocycles. The molecule has 7 rings (SSSR count). The summed E-state index contributed by atoms with van der Waals surface area (Å²) < 4.78 is 2.34. The Morgan fingerprint density at radius 2 is 1.68 bits per heavy atom. The van der Waals surface area contributed by atoms with Crippen LogP contribution >= 0.6 is 0 Å². The van der Waals surface area contributed by atoms with E-state index in [1.165, 1.54) is 39.3 Å². The molecule has 0 spiro atoms. The van der Waals surface area contributed by atoms with Crippen LogP contribution in [0.15, 0.2) is 114 Å². The zero-order chi connectivity index (χ0) is 29.9. The standard InChI is InChI=1S/C38H40N6/c1-27-21-32(28(2)44(27)33-10-4-3-5-11-33)24-39-23-29-14-16-30(17-15-29)25-43(26-38-41-36-12-6-7-13-37(36)42-38)34-18-19-35-31(22-34)9-8-20-40-35/h3-17,20-22,34-35,39H,18-19,23-26H2,1-2H3,(H,41,42). The van der Waals surface area contributed by atoms with E-state index in [4.69, 9.17) is 9.98 Å². The summed E-state index contributed by atoms with van der Waals surface area (Å²) in [5.74, 6) is 1.01. The average Bonchev–Trinajstić information content (AvgIpc) is 3.60. The fourth-order valence-corrected chi connectivity index (χ4v) is 6.72. The molecule has 2 N–H and O–H groups in total. The van der Waals surface area contributed by atoms with Crippen LogP contribution in [-0.4, -0.2) is 37.7 Å². The monoisotopic (exact) mass is 580 g/mol. The molecule has 1 aliphatic carbocycles. The van der Waals surface area contributed by atoms with Gasteiger partial charge in [-0.1, -0.05) is 66.7 Å². The molecule has 2 unspecified atom stereocenters. The first-order chi connectivity index (χ1) is 21.6. The Labute approximate surface area is 259 Å². The summed E-state index contributed by atoms with van der Waals surface area (Å²) >= 11 is 0. The second-order valence-electron chi connectivity index (χ2n) is 12.1. The molecule has 0 radical (unpaired) electrons. The molecule has 0 amide bonds. The molecular weight excluding hydrogens is 540 g/mol. The average molecular weight is 581 g/mol. The highest BCUT2D eigenvalue weighted by atomic mass is 15.2. The van der Waals surface area contributed by atoms with Crippen LogP contribution in [0.1, 0.15) is 46.7 Å². The number of imidazole rings is 1. The normalized spacial score (nSPS) is 17.8. The first-order valence-corrected chi connectivity index (χ1v) is 15.7. The molecule has 222 valence electrons. The Balaban J connectivity index is 1.03.